The Kier molecular flexibility index (Phi) is 7.08. The first-order valence-corrected chi connectivity index (χ1v) is 7.71. The third-order valence-corrected chi connectivity index (χ3v) is 4.63. The normalized spacial score (nSPS) is 14.5. The second kappa shape index (κ2) is 8.05. The summed E-state index contributed by atoms with van der Waals surface area (Å²) in [6.07, 6.45) is 0. The maximum absolute atomic E-state index is 9.00. The van der Waals surface area contributed by atoms with Crippen molar-refractivity contribution in [2.24, 2.45) is 5.92 Å². The first-order valence-electron chi connectivity index (χ1n) is 6.35. The molecule has 0 amide bonds. The smallest absolute Gasteiger partial charge is 0.0545 e. The van der Waals surface area contributed by atoms with Crippen LogP contribution in [0.3, 0.4) is 0 Å². The summed E-state index contributed by atoms with van der Waals surface area (Å²) in [7, 11) is 0. The lowest BCUT2D eigenvalue weighted by molar-refractivity contribution is 0.250. The van der Waals surface area contributed by atoms with Crippen molar-refractivity contribution in [2.45, 2.75) is 31.7 Å². The number of aliphatic hydroxyl groups excluding tert-OH is 1. The van der Waals surface area contributed by atoms with Crippen LogP contribution in [0, 0.1) is 5.92 Å². The topological polar surface area (TPSA) is 32.3 Å². The highest BCUT2D eigenvalue weighted by molar-refractivity contribution is 7.99. The number of rotatable bonds is 7. The molecule has 2 atom stereocenters. The molecule has 2 unspecified atom stereocenters. The molecule has 0 bridgehead atoms. The van der Waals surface area contributed by atoms with Gasteiger partial charge in [0.15, 0.2) is 0 Å². The monoisotopic (exact) mass is 287 g/mol. The van der Waals surface area contributed by atoms with Crippen molar-refractivity contribution in [3.8, 4) is 0 Å². The Morgan fingerprint density at radius 3 is 2.67 bits per heavy atom. The quantitative estimate of drug-likeness (QED) is 0.750. The van der Waals surface area contributed by atoms with Crippen LogP contribution in [0.25, 0.3) is 0 Å². The fourth-order valence-corrected chi connectivity index (χ4v) is 2.90. The van der Waals surface area contributed by atoms with Crippen LogP contribution in [-0.4, -0.2) is 24.0 Å². The van der Waals surface area contributed by atoms with E-state index in [9.17, 15) is 0 Å². The Hall–Kier alpha value is -0.220. The summed E-state index contributed by atoms with van der Waals surface area (Å²) in [6, 6.07) is 6.54. The molecule has 0 aromatic heterocycles. The maximum atomic E-state index is 9.00. The van der Waals surface area contributed by atoms with Crippen LogP contribution in [0.2, 0.25) is 5.02 Å². The van der Waals surface area contributed by atoms with Gasteiger partial charge in [-0.15, -0.1) is 11.8 Å². The van der Waals surface area contributed by atoms with E-state index in [4.69, 9.17) is 16.7 Å². The van der Waals surface area contributed by atoms with Gasteiger partial charge >= 0.3 is 0 Å². The summed E-state index contributed by atoms with van der Waals surface area (Å²) < 4.78 is 0. The maximum Gasteiger partial charge on any atom is 0.0545 e. The zero-order valence-electron chi connectivity index (χ0n) is 11.2. The van der Waals surface area contributed by atoms with Crippen LogP contribution in [0.1, 0.15) is 32.4 Å². The Morgan fingerprint density at radius 1 is 1.39 bits per heavy atom. The zero-order valence-corrected chi connectivity index (χ0v) is 12.8. The molecule has 18 heavy (non-hydrogen) atoms. The van der Waals surface area contributed by atoms with E-state index in [0.29, 0.717) is 12.0 Å². The molecule has 1 aromatic carbocycles. The first-order chi connectivity index (χ1) is 8.58. The molecular formula is C14H22ClNOS. The number of nitrogens with one attached hydrogen (secondary N) is 1. The highest BCUT2D eigenvalue weighted by Gasteiger charge is 2.09. The van der Waals surface area contributed by atoms with Crippen molar-refractivity contribution in [3.63, 3.8) is 0 Å². The van der Waals surface area contributed by atoms with Crippen LogP contribution in [0.4, 0.5) is 0 Å². The fourth-order valence-electron chi connectivity index (χ4n) is 1.61. The molecule has 2 nitrogen and oxygen atoms in total. The third-order valence-electron chi connectivity index (χ3n) is 2.80. The van der Waals surface area contributed by atoms with Crippen LogP contribution >= 0.6 is 23.4 Å². The van der Waals surface area contributed by atoms with Gasteiger partial charge in [0, 0.05) is 23.3 Å². The lowest BCUT2D eigenvalue weighted by Crippen LogP contribution is -2.17. The molecule has 0 aliphatic heterocycles. The minimum atomic E-state index is 0.222. The van der Waals surface area contributed by atoms with E-state index < -0.39 is 0 Å². The van der Waals surface area contributed by atoms with Crippen molar-refractivity contribution >= 4 is 23.4 Å². The van der Waals surface area contributed by atoms with E-state index in [2.05, 4.69) is 31.3 Å². The van der Waals surface area contributed by atoms with Crippen LogP contribution in [-0.2, 0) is 0 Å². The highest BCUT2D eigenvalue weighted by Crippen LogP contribution is 2.30. The van der Waals surface area contributed by atoms with E-state index >= 15 is 0 Å². The minimum absolute atomic E-state index is 0.222. The third kappa shape index (κ3) is 4.81. The lowest BCUT2D eigenvalue weighted by Gasteiger charge is -2.15. The van der Waals surface area contributed by atoms with E-state index in [-0.39, 0.29) is 6.61 Å². The largest absolute Gasteiger partial charge is 0.396 e. The predicted octanol–water partition coefficient (Wildman–Crippen LogP) is 3.73. The van der Waals surface area contributed by atoms with Gasteiger partial charge in [0.1, 0.15) is 0 Å². The summed E-state index contributed by atoms with van der Waals surface area (Å²) in [6.45, 7) is 7.43. The number of aliphatic hydroxyl groups is 1. The van der Waals surface area contributed by atoms with Gasteiger partial charge in [-0.3, -0.25) is 0 Å². The number of hydrogen-bond acceptors (Lipinski definition) is 3. The Bertz CT molecular complexity index is 373. The number of hydrogen-bond donors (Lipinski definition) is 2. The summed E-state index contributed by atoms with van der Waals surface area (Å²) in [5.41, 5.74) is 1.21. The molecule has 0 heterocycles. The molecule has 0 fully saturated rings. The van der Waals surface area contributed by atoms with E-state index in [1.54, 1.807) is 11.8 Å². The summed E-state index contributed by atoms with van der Waals surface area (Å²) in [5, 5.41) is 13.2. The molecule has 1 aromatic rings. The van der Waals surface area contributed by atoms with Crippen molar-refractivity contribution in [2.75, 3.05) is 18.9 Å². The Labute approximate surface area is 119 Å². The zero-order chi connectivity index (χ0) is 13.5. The molecule has 0 aliphatic rings. The van der Waals surface area contributed by atoms with Crippen molar-refractivity contribution in [1.82, 2.24) is 5.32 Å². The van der Waals surface area contributed by atoms with Crippen LogP contribution in [0.15, 0.2) is 23.1 Å². The van der Waals surface area contributed by atoms with E-state index in [0.717, 1.165) is 22.2 Å². The van der Waals surface area contributed by atoms with Crippen LogP contribution in [0.5, 0.6) is 0 Å². The number of thioether (sulfide) groups is 1. The summed E-state index contributed by atoms with van der Waals surface area (Å²) in [4.78, 5) is 1.09. The molecule has 0 radical (unpaired) electrons. The van der Waals surface area contributed by atoms with Crippen molar-refractivity contribution in [3.05, 3.63) is 28.8 Å². The highest BCUT2D eigenvalue weighted by atomic mass is 35.5. The fraction of sp³-hybridized carbons (Fsp3) is 0.571. The second-order valence-electron chi connectivity index (χ2n) is 4.57. The van der Waals surface area contributed by atoms with Crippen molar-refractivity contribution < 1.29 is 5.11 Å². The van der Waals surface area contributed by atoms with Gasteiger partial charge in [-0.2, -0.15) is 0 Å². The summed E-state index contributed by atoms with van der Waals surface area (Å²) in [5.74, 6) is 1.18. The van der Waals surface area contributed by atoms with Crippen molar-refractivity contribution in [1.29, 1.82) is 0 Å². The Balaban J connectivity index is 2.67. The molecule has 4 heteroatoms. The molecule has 0 spiro atoms. The average molecular weight is 288 g/mol. The number of benzene rings is 1. The molecule has 0 saturated carbocycles. The van der Waals surface area contributed by atoms with Gasteiger partial charge in [-0.05, 0) is 37.1 Å². The standard InChI is InChI=1S/C14H22ClNOS/c1-4-16-11(3)12-5-6-14(13(15)7-12)18-9-10(2)8-17/h5-7,10-11,16-17H,4,8-9H2,1-3H3. The first kappa shape index (κ1) is 15.8. The predicted molar refractivity (Wildman–Crippen MR) is 80.5 cm³/mol. The molecule has 1 rings (SSSR count). The average Bonchev–Trinajstić information content (AvgIpc) is 2.37. The molecule has 102 valence electrons. The lowest BCUT2D eigenvalue weighted by atomic mass is 10.1. The van der Waals surface area contributed by atoms with Gasteiger partial charge < -0.3 is 10.4 Å². The van der Waals surface area contributed by atoms with Crippen LogP contribution < -0.4 is 5.32 Å². The molecular weight excluding hydrogens is 266 g/mol. The van der Waals surface area contributed by atoms with E-state index in [1.165, 1.54) is 5.56 Å². The molecule has 0 saturated heterocycles. The Morgan fingerprint density at radius 2 is 2.11 bits per heavy atom. The van der Waals surface area contributed by atoms with E-state index in [1.807, 2.05) is 13.0 Å². The van der Waals surface area contributed by atoms with Gasteiger partial charge in [0.2, 0.25) is 0 Å². The van der Waals surface area contributed by atoms with Gasteiger partial charge in [-0.1, -0.05) is 31.5 Å². The molecule has 2 N–H and O–H groups in total. The molecule has 0 aliphatic carbocycles. The number of halogens is 1. The van der Waals surface area contributed by atoms with Gasteiger partial charge in [0.05, 0.1) is 5.02 Å². The minimum Gasteiger partial charge on any atom is -0.396 e. The summed E-state index contributed by atoms with van der Waals surface area (Å²) >= 11 is 7.99. The van der Waals surface area contributed by atoms with Gasteiger partial charge in [-0.25, -0.2) is 0 Å². The second-order valence-corrected chi connectivity index (χ2v) is 6.04. The SMILES string of the molecule is CCNC(C)c1ccc(SCC(C)CO)c(Cl)c1. The van der Waals surface area contributed by atoms with Gasteiger partial charge in [0.25, 0.3) is 0 Å².